The number of hydrogen-bond acceptors (Lipinski definition) is 6. The van der Waals surface area contributed by atoms with Crippen molar-refractivity contribution in [1.29, 1.82) is 0 Å². The fourth-order valence-corrected chi connectivity index (χ4v) is 3.95. The predicted molar refractivity (Wildman–Crippen MR) is 118 cm³/mol. The number of benzene rings is 2. The molecule has 0 amide bonds. The van der Waals surface area contributed by atoms with Gasteiger partial charge in [-0.2, -0.15) is 0 Å². The van der Waals surface area contributed by atoms with Crippen LogP contribution in [0, 0.1) is 6.92 Å². The molecule has 0 N–H and O–H groups in total. The van der Waals surface area contributed by atoms with Crippen LogP contribution >= 0.6 is 0 Å². The van der Waals surface area contributed by atoms with Crippen LogP contribution in [0.5, 0.6) is 5.75 Å². The number of likely N-dealkylation sites (tertiary alicyclic amines) is 1. The molecule has 0 radical (unpaired) electrons. The minimum atomic E-state index is -0.143. The van der Waals surface area contributed by atoms with Crippen molar-refractivity contribution >= 4 is 5.97 Å². The molecule has 2 heterocycles. The first-order chi connectivity index (χ1) is 15.1. The summed E-state index contributed by atoms with van der Waals surface area (Å²) >= 11 is 0. The lowest BCUT2D eigenvalue weighted by molar-refractivity contribution is -0.146. The minimum absolute atomic E-state index is 0.131. The number of carbonyl (C=O) groups excluding carboxylic acids is 1. The Labute approximate surface area is 182 Å². The highest BCUT2D eigenvalue weighted by Crippen LogP contribution is 2.23. The Morgan fingerprint density at radius 2 is 2.06 bits per heavy atom. The van der Waals surface area contributed by atoms with Gasteiger partial charge in [-0.3, -0.25) is 9.69 Å². The van der Waals surface area contributed by atoms with Gasteiger partial charge < -0.3 is 13.9 Å². The largest absolute Gasteiger partial charge is 0.493 e. The van der Waals surface area contributed by atoms with Gasteiger partial charge in [0.2, 0.25) is 5.89 Å². The predicted octanol–water partition coefficient (Wildman–Crippen LogP) is 4.41. The molecular formula is C25H28N2O4. The molecule has 0 saturated carbocycles. The summed E-state index contributed by atoms with van der Waals surface area (Å²) in [5, 5.41) is 0. The normalized spacial score (nSPS) is 16.4. The molecule has 1 fully saturated rings. The smallest absolute Gasteiger partial charge is 0.323 e. The third-order valence-electron chi connectivity index (χ3n) is 5.59. The van der Waals surface area contributed by atoms with E-state index in [2.05, 4.69) is 28.9 Å². The van der Waals surface area contributed by atoms with Gasteiger partial charge in [-0.15, -0.1) is 0 Å². The van der Waals surface area contributed by atoms with Crippen molar-refractivity contribution in [2.24, 2.45) is 0 Å². The molecule has 3 aromatic rings. The average molecular weight is 421 g/mol. The summed E-state index contributed by atoms with van der Waals surface area (Å²) in [7, 11) is 1.45. The molecule has 1 aromatic heterocycles. The number of esters is 1. The number of ether oxygens (including phenoxy) is 2. The van der Waals surface area contributed by atoms with E-state index >= 15 is 0 Å². The van der Waals surface area contributed by atoms with Crippen molar-refractivity contribution in [1.82, 2.24) is 9.88 Å². The van der Waals surface area contributed by atoms with E-state index in [9.17, 15) is 4.79 Å². The molecule has 1 unspecified atom stereocenters. The van der Waals surface area contributed by atoms with Crippen LogP contribution in [0.15, 0.2) is 59.2 Å². The maximum Gasteiger partial charge on any atom is 0.323 e. The molecule has 0 aliphatic carbocycles. The second-order valence-corrected chi connectivity index (χ2v) is 7.91. The third kappa shape index (κ3) is 5.33. The van der Waals surface area contributed by atoms with Crippen molar-refractivity contribution in [3.63, 3.8) is 0 Å². The van der Waals surface area contributed by atoms with Crippen LogP contribution in [0.4, 0.5) is 0 Å². The third-order valence-corrected chi connectivity index (χ3v) is 5.59. The molecule has 1 saturated heterocycles. The van der Waals surface area contributed by atoms with Crippen LogP contribution in [0.25, 0.3) is 11.5 Å². The molecule has 1 atom stereocenters. The van der Waals surface area contributed by atoms with Gasteiger partial charge in [0.05, 0.1) is 19.4 Å². The van der Waals surface area contributed by atoms with Crippen LogP contribution in [0.3, 0.4) is 0 Å². The fraction of sp³-hybridized carbons (Fsp3) is 0.360. The van der Waals surface area contributed by atoms with Crippen LogP contribution in [-0.4, -0.2) is 42.2 Å². The van der Waals surface area contributed by atoms with Crippen molar-refractivity contribution in [3.8, 4) is 17.2 Å². The molecule has 1 aliphatic rings. The lowest BCUT2D eigenvalue weighted by Crippen LogP contribution is -2.36. The molecular weight excluding hydrogens is 392 g/mol. The minimum Gasteiger partial charge on any atom is -0.493 e. The number of hydrogen-bond donors (Lipinski definition) is 0. The van der Waals surface area contributed by atoms with Crippen LogP contribution in [0.1, 0.15) is 29.7 Å². The van der Waals surface area contributed by atoms with E-state index in [1.165, 1.54) is 12.7 Å². The molecule has 6 heteroatoms. The van der Waals surface area contributed by atoms with E-state index in [1.54, 1.807) is 6.26 Å². The van der Waals surface area contributed by atoms with Crippen LogP contribution in [-0.2, 0) is 22.5 Å². The van der Waals surface area contributed by atoms with E-state index in [1.807, 2.05) is 36.4 Å². The monoisotopic (exact) mass is 420 g/mol. The van der Waals surface area contributed by atoms with Gasteiger partial charge in [-0.25, -0.2) is 4.98 Å². The lowest BCUT2D eigenvalue weighted by Gasteiger charge is -2.22. The average Bonchev–Trinajstić information content (AvgIpc) is 3.44. The van der Waals surface area contributed by atoms with Gasteiger partial charge in [0, 0.05) is 18.5 Å². The lowest BCUT2D eigenvalue weighted by atomic mass is 10.1. The number of aromatic nitrogens is 1. The van der Waals surface area contributed by atoms with Crippen LogP contribution in [0.2, 0.25) is 0 Å². The van der Waals surface area contributed by atoms with E-state index in [0.717, 1.165) is 48.5 Å². The van der Waals surface area contributed by atoms with E-state index in [0.29, 0.717) is 18.9 Å². The number of aryl methyl sites for hydroxylation is 1. The summed E-state index contributed by atoms with van der Waals surface area (Å²) in [6, 6.07) is 16.0. The zero-order chi connectivity index (χ0) is 21.6. The molecule has 162 valence electrons. The highest BCUT2D eigenvalue weighted by Gasteiger charge is 2.31. The van der Waals surface area contributed by atoms with E-state index < -0.39 is 0 Å². The number of carbonyl (C=O) groups is 1. The summed E-state index contributed by atoms with van der Waals surface area (Å²) in [5.74, 6) is 1.31. The van der Waals surface area contributed by atoms with Crippen molar-refractivity contribution in [2.75, 3.05) is 20.3 Å². The topological polar surface area (TPSA) is 64.8 Å². The van der Waals surface area contributed by atoms with Gasteiger partial charge in [0.15, 0.2) is 0 Å². The molecule has 4 rings (SSSR count). The zero-order valence-corrected chi connectivity index (χ0v) is 18.0. The van der Waals surface area contributed by atoms with Crippen molar-refractivity contribution in [3.05, 3.63) is 71.6 Å². The second-order valence-electron chi connectivity index (χ2n) is 7.91. The Bertz CT molecular complexity index is 1010. The SMILES string of the molecule is COC(=O)C1CCCN1Cc1ccc(OCCc2coc(-c3cccc(C)c3)n2)cc1. The second kappa shape index (κ2) is 9.79. The van der Waals surface area contributed by atoms with Gasteiger partial charge in [0.25, 0.3) is 0 Å². The Kier molecular flexibility index (Phi) is 6.67. The fourth-order valence-electron chi connectivity index (χ4n) is 3.95. The molecule has 0 spiro atoms. The number of nitrogens with zero attached hydrogens (tertiary/aromatic N) is 2. The first kappa shape index (κ1) is 21.1. The van der Waals surface area contributed by atoms with Gasteiger partial charge in [-0.05, 0) is 56.1 Å². The molecule has 1 aliphatic heterocycles. The summed E-state index contributed by atoms with van der Waals surface area (Å²) in [5.41, 5.74) is 4.18. The Morgan fingerprint density at radius 3 is 2.84 bits per heavy atom. The molecule has 6 nitrogen and oxygen atoms in total. The maximum absolute atomic E-state index is 11.9. The van der Waals surface area contributed by atoms with Gasteiger partial charge >= 0.3 is 5.97 Å². The number of rotatable bonds is 8. The summed E-state index contributed by atoms with van der Waals surface area (Å²) < 4.78 is 16.4. The Hall–Kier alpha value is -3.12. The number of oxazole rings is 1. The standard InChI is InChI=1S/C25H28N2O4/c1-18-5-3-6-20(15-18)24-26-21(17-31-24)12-14-30-22-10-8-19(9-11-22)16-27-13-4-7-23(27)25(28)29-2/h3,5-6,8-11,15,17,23H,4,7,12-14,16H2,1-2H3. The van der Waals surface area contributed by atoms with Crippen molar-refractivity contribution in [2.45, 2.75) is 38.8 Å². The highest BCUT2D eigenvalue weighted by molar-refractivity contribution is 5.76. The Balaban J connectivity index is 1.27. The Morgan fingerprint density at radius 1 is 1.23 bits per heavy atom. The van der Waals surface area contributed by atoms with Gasteiger partial charge in [0.1, 0.15) is 18.1 Å². The molecule has 31 heavy (non-hydrogen) atoms. The van der Waals surface area contributed by atoms with E-state index in [-0.39, 0.29) is 12.0 Å². The summed E-state index contributed by atoms with van der Waals surface area (Å²) in [6.45, 7) is 4.23. The van der Waals surface area contributed by atoms with Gasteiger partial charge in [-0.1, -0.05) is 29.8 Å². The summed E-state index contributed by atoms with van der Waals surface area (Å²) in [4.78, 5) is 18.6. The number of methoxy groups -OCH3 is 1. The first-order valence-corrected chi connectivity index (χ1v) is 10.7. The quantitative estimate of drug-likeness (QED) is 0.503. The highest BCUT2D eigenvalue weighted by atomic mass is 16.5. The maximum atomic E-state index is 11.9. The first-order valence-electron chi connectivity index (χ1n) is 10.7. The van der Waals surface area contributed by atoms with Crippen LogP contribution < -0.4 is 4.74 Å². The molecule has 0 bridgehead atoms. The summed E-state index contributed by atoms with van der Waals surface area (Å²) in [6.07, 6.45) is 4.25. The zero-order valence-electron chi connectivity index (χ0n) is 18.0. The van der Waals surface area contributed by atoms with Crippen molar-refractivity contribution < 1.29 is 18.7 Å². The molecule has 2 aromatic carbocycles. The van der Waals surface area contributed by atoms with E-state index in [4.69, 9.17) is 13.9 Å².